The van der Waals surface area contributed by atoms with Gasteiger partial charge in [0.15, 0.2) is 0 Å². The van der Waals surface area contributed by atoms with E-state index in [2.05, 4.69) is 15.4 Å². The van der Waals surface area contributed by atoms with Gasteiger partial charge in [-0.15, -0.1) is 11.3 Å². The number of aryl methyl sites for hydroxylation is 2. The topological polar surface area (TPSA) is 85.8 Å². The first-order valence-electron chi connectivity index (χ1n) is 6.15. The molecule has 21 heavy (non-hydrogen) atoms. The number of carbonyl (C=O) groups is 1. The molecule has 0 radical (unpaired) electrons. The summed E-state index contributed by atoms with van der Waals surface area (Å²) in [6, 6.07) is 0. The van der Waals surface area contributed by atoms with E-state index < -0.39 is 24.9 Å². The third-order valence-corrected chi connectivity index (χ3v) is 3.97. The lowest BCUT2D eigenvalue weighted by Gasteiger charge is -2.13. The standard InChI is InChI=1S/C12H15F2N5OS/c1-7-9(10(20)16-6-12(13,14)5-15)21-11(18-7)8-3-17-19(2)4-8/h3-4H,5-6,15H2,1-2H3,(H,16,20). The van der Waals surface area contributed by atoms with Gasteiger partial charge in [0.2, 0.25) is 0 Å². The summed E-state index contributed by atoms with van der Waals surface area (Å²) in [5.41, 5.74) is 6.19. The Balaban J connectivity index is 2.14. The summed E-state index contributed by atoms with van der Waals surface area (Å²) in [6.45, 7) is 0.0597. The Morgan fingerprint density at radius 1 is 1.57 bits per heavy atom. The van der Waals surface area contributed by atoms with Gasteiger partial charge in [0.1, 0.15) is 9.88 Å². The highest BCUT2D eigenvalue weighted by Gasteiger charge is 2.28. The van der Waals surface area contributed by atoms with Crippen LogP contribution in [0.2, 0.25) is 0 Å². The summed E-state index contributed by atoms with van der Waals surface area (Å²) in [5.74, 6) is -3.69. The molecule has 2 rings (SSSR count). The summed E-state index contributed by atoms with van der Waals surface area (Å²) >= 11 is 1.14. The molecule has 1 amide bonds. The van der Waals surface area contributed by atoms with Gasteiger partial charge in [-0.25, -0.2) is 13.8 Å². The van der Waals surface area contributed by atoms with Gasteiger partial charge in [-0.1, -0.05) is 0 Å². The second kappa shape index (κ2) is 5.86. The number of thiazole rings is 1. The van der Waals surface area contributed by atoms with Crippen LogP contribution in [0.5, 0.6) is 0 Å². The molecule has 2 aromatic rings. The smallest absolute Gasteiger partial charge is 0.277 e. The van der Waals surface area contributed by atoms with Crippen molar-refractivity contribution in [2.45, 2.75) is 12.8 Å². The third kappa shape index (κ3) is 3.61. The quantitative estimate of drug-likeness (QED) is 0.867. The Morgan fingerprint density at radius 2 is 2.29 bits per heavy atom. The van der Waals surface area contributed by atoms with Crippen molar-refractivity contribution < 1.29 is 13.6 Å². The minimum Gasteiger partial charge on any atom is -0.345 e. The summed E-state index contributed by atoms with van der Waals surface area (Å²) in [4.78, 5) is 16.5. The number of nitrogens with two attached hydrogens (primary N) is 1. The molecule has 3 N–H and O–H groups in total. The van der Waals surface area contributed by atoms with Gasteiger partial charge in [-0.2, -0.15) is 5.10 Å². The zero-order valence-corrected chi connectivity index (χ0v) is 12.4. The number of aromatic nitrogens is 3. The molecular weight excluding hydrogens is 300 g/mol. The second-order valence-corrected chi connectivity index (χ2v) is 5.58. The predicted molar refractivity (Wildman–Crippen MR) is 75.4 cm³/mol. The molecule has 0 aliphatic rings. The minimum absolute atomic E-state index is 0.307. The van der Waals surface area contributed by atoms with Crippen molar-refractivity contribution in [1.82, 2.24) is 20.1 Å². The van der Waals surface area contributed by atoms with Gasteiger partial charge < -0.3 is 11.1 Å². The zero-order chi connectivity index (χ0) is 15.6. The van der Waals surface area contributed by atoms with Crippen LogP contribution in [0, 0.1) is 6.92 Å². The Morgan fingerprint density at radius 3 is 2.86 bits per heavy atom. The van der Waals surface area contributed by atoms with Crippen molar-refractivity contribution in [1.29, 1.82) is 0 Å². The van der Waals surface area contributed by atoms with Gasteiger partial charge in [0.05, 0.1) is 25.0 Å². The maximum Gasteiger partial charge on any atom is 0.277 e. The summed E-state index contributed by atoms with van der Waals surface area (Å²) in [5, 5.41) is 6.83. The molecule has 0 aromatic carbocycles. The minimum atomic E-state index is -3.11. The monoisotopic (exact) mass is 315 g/mol. The van der Waals surface area contributed by atoms with Gasteiger partial charge in [-0.3, -0.25) is 9.48 Å². The number of nitrogens with zero attached hydrogens (tertiary/aromatic N) is 3. The number of carbonyl (C=O) groups excluding carboxylic acids is 1. The Labute approximate surface area is 124 Å². The molecule has 0 fully saturated rings. The van der Waals surface area contributed by atoms with E-state index in [0.29, 0.717) is 15.6 Å². The molecule has 0 saturated heterocycles. The molecule has 114 valence electrons. The summed E-state index contributed by atoms with van der Waals surface area (Å²) in [6.07, 6.45) is 3.39. The zero-order valence-electron chi connectivity index (χ0n) is 11.6. The van der Waals surface area contributed by atoms with Crippen LogP contribution in [0.15, 0.2) is 12.4 Å². The molecule has 0 aliphatic carbocycles. The Hall–Kier alpha value is -1.87. The van der Waals surface area contributed by atoms with E-state index in [1.165, 1.54) is 0 Å². The van der Waals surface area contributed by atoms with Gasteiger partial charge in [0.25, 0.3) is 11.8 Å². The number of hydrogen-bond donors (Lipinski definition) is 2. The highest BCUT2D eigenvalue weighted by molar-refractivity contribution is 7.17. The van der Waals surface area contributed by atoms with E-state index in [-0.39, 0.29) is 0 Å². The molecule has 2 heterocycles. The van der Waals surface area contributed by atoms with Crippen molar-refractivity contribution in [2.75, 3.05) is 13.1 Å². The van der Waals surface area contributed by atoms with Crippen LogP contribution in [-0.4, -0.2) is 39.7 Å². The lowest BCUT2D eigenvalue weighted by atomic mass is 10.3. The van der Waals surface area contributed by atoms with E-state index in [4.69, 9.17) is 5.73 Å². The number of halogens is 2. The highest BCUT2D eigenvalue weighted by Crippen LogP contribution is 2.27. The fourth-order valence-electron chi connectivity index (χ4n) is 1.62. The average molecular weight is 315 g/mol. The predicted octanol–water partition coefficient (Wildman–Crippen LogP) is 1.18. The van der Waals surface area contributed by atoms with Crippen molar-refractivity contribution in [3.05, 3.63) is 23.0 Å². The van der Waals surface area contributed by atoms with Gasteiger partial charge in [0, 0.05) is 18.8 Å². The maximum absolute atomic E-state index is 13.0. The van der Waals surface area contributed by atoms with Gasteiger partial charge in [-0.05, 0) is 6.92 Å². The molecule has 0 spiro atoms. The van der Waals surface area contributed by atoms with Crippen LogP contribution in [0.4, 0.5) is 8.78 Å². The largest absolute Gasteiger partial charge is 0.345 e. The van der Waals surface area contributed by atoms with E-state index in [0.717, 1.165) is 16.9 Å². The molecule has 6 nitrogen and oxygen atoms in total. The van der Waals surface area contributed by atoms with Crippen LogP contribution < -0.4 is 11.1 Å². The first-order valence-corrected chi connectivity index (χ1v) is 6.96. The van der Waals surface area contributed by atoms with E-state index in [1.54, 1.807) is 31.0 Å². The normalized spacial score (nSPS) is 11.7. The fourth-order valence-corrected chi connectivity index (χ4v) is 2.58. The van der Waals surface area contributed by atoms with Crippen LogP contribution >= 0.6 is 11.3 Å². The number of amides is 1. The summed E-state index contributed by atoms with van der Waals surface area (Å²) in [7, 11) is 1.77. The number of nitrogens with one attached hydrogen (secondary N) is 1. The second-order valence-electron chi connectivity index (χ2n) is 4.58. The highest BCUT2D eigenvalue weighted by atomic mass is 32.1. The van der Waals surface area contributed by atoms with Crippen molar-refractivity contribution >= 4 is 17.2 Å². The maximum atomic E-state index is 13.0. The molecule has 0 bridgehead atoms. The molecule has 0 atom stereocenters. The number of alkyl halides is 2. The fraction of sp³-hybridized carbons (Fsp3) is 0.417. The lowest BCUT2D eigenvalue weighted by Crippen LogP contribution is -2.41. The van der Waals surface area contributed by atoms with Gasteiger partial charge >= 0.3 is 0 Å². The van der Waals surface area contributed by atoms with E-state index in [9.17, 15) is 13.6 Å². The molecule has 2 aromatic heterocycles. The lowest BCUT2D eigenvalue weighted by molar-refractivity contribution is 0.0119. The number of hydrogen-bond acceptors (Lipinski definition) is 5. The van der Waals surface area contributed by atoms with Crippen LogP contribution in [0.3, 0.4) is 0 Å². The third-order valence-electron chi connectivity index (χ3n) is 2.76. The molecular formula is C12H15F2N5OS. The SMILES string of the molecule is Cc1nc(-c2cnn(C)c2)sc1C(=O)NCC(F)(F)CN. The number of rotatable bonds is 5. The van der Waals surface area contributed by atoms with Crippen molar-refractivity contribution in [2.24, 2.45) is 12.8 Å². The summed E-state index contributed by atoms with van der Waals surface area (Å²) < 4.78 is 27.7. The van der Waals surface area contributed by atoms with E-state index in [1.807, 2.05) is 0 Å². The van der Waals surface area contributed by atoms with E-state index >= 15 is 0 Å². The van der Waals surface area contributed by atoms with Crippen LogP contribution in [-0.2, 0) is 7.05 Å². The van der Waals surface area contributed by atoms with Crippen molar-refractivity contribution in [3.8, 4) is 10.6 Å². The average Bonchev–Trinajstić information content (AvgIpc) is 3.02. The van der Waals surface area contributed by atoms with Crippen LogP contribution in [0.1, 0.15) is 15.4 Å². The van der Waals surface area contributed by atoms with Crippen molar-refractivity contribution in [3.63, 3.8) is 0 Å². The first-order chi connectivity index (χ1) is 9.82. The molecule has 0 aliphatic heterocycles. The molecule has 0 unspecified atom stereocenters. The molecule has 0 saturated carbocycles. The Kier molecular flexibility index (Phi) is 4.33. The molecule has 9 heteroatoms. The first kappa shape index (κ1) is 15.5. The van der Waals surface area contributed by atoms with Crippen LogP contribution in [0.25, 0.3) is 10.6 Å². The Bertz CT molecular complexity index is 652.